The van der Waals surface area contributed by atoms with Gasteiger partial charge in [0.2, 0.25) is 0 Å². The molecule has 3 N–H and O–H groups in total. The molecule has 1 rings (SSSR count). The molecule has 1 aliphatic rings. The lowest BCUT2D eigenvalue weighted by Gasteiger charge is -2.14. The first kappa shape index (κ1) is 16.1. The third-order valence-corrected chi connectivity index (χ3v) is 3.44. The van der Waals surface area contributed by atoms with Gasteiger partial charge in [-0.3, -0.25) is 0 Å². The third-order valence-electron chi connectivity index (χ3n) is 2.80. The number of urea groups is 1. The van der Waals surface area contributed by atoms with Gasteiger partial charge >= 0.3 is 12.0 Å². The van der Waals surface area contributed by atoms with Gasteiger partial charge < -0.3 is 20.5 Å². The van der Waals surface area contributed by atoms with E-state index in [0.29, 0.717) is 31.2 Å². The summed E-state index contributed by atoms with van der Waals surface area (Å²) < 4.78 is 5.36. The van der Waals surface area contributed by atoms with Crippen LogP contribution in [0.2, 0.25) is 0 Å². The summed E-state index contributed by atoms with van der Waals surface area (Å²) >= 11 is 1.55. The van der Waals surface area contributed by atoms with Gasteiger partial charge in [0.1, 0.15) is 6.04 Å². The number of carbonyl (C=O) groups excluding carboxylic acids is 1. The molecule has 0 radical (unpaired) electrons. The molecule has 0 bridgehead atoms. The van der Waals surface area contributed by atoms with Crippen molar-refractivity contribution in [2.75, 3.05) is 31.8 Å². The molecule has 0 aromatic carbocycles. The normalized spacial score (nSPS) is 15.8. The van der Waals surface area contributed by atoms with Crippen molar-refractivity contribution in [3.05, 3.63) is 0 Å². The van der Waals surface area contributed by atoms with Crippen molar-refractivity contribution in [2.24, 2.45) is 5.92 Å². The summed E-state index contributed by atoms with van der Waals surface area (Å²) in [5.41, 5.74) is 0. The van der Waals surface area contributed by atoms with Gasteiger partial charge in [0, 0.05) is 13.2 Å². The number of nitrogens with one attached hydrogen (secondary N) is 2. The first-order valence-corrected chi connectivity index (χ1v) is 7.86. The van der Waals surface area contributed by atoms with Gasteiger partial charge in [-0.1, -0.05) is 0 Å². The molecule has 2 amide bonds. The maximum absolute atomic E-state index is 11.5. The summed E-state index contributed by atoms with van der Waals surface area (Å²) in [6.07, 6.45) is 4.80. The predicted molar refractivity (Wildman–Crippen MR) is 74.5 cm³/mol. The largest absolute Gasteiger partial charge is 0.480 e. The Morgan fingerprint density at radius 3 is 2.79 bits per heavy atom. The number of hydrogen-bond acceptors (Lipinski definition) is 4. The van der Waals surface area contributed by atoms with Crippen LogP contribution in [0.25, 0.3) is 0 Å². The zero-order valence-corrected chi connectivity index (χ0v) is 12.0. The molecule has 7 heteroatoms. The summed E-state index contributed by atoms with van der Waals surface area (Å²) in [5.74, 6) is 0.396. The highest BCUT2D eigenvalue weighted by Gasteiger charge is 2.21. The second-order valence-corrected chi connectivity index (χ2v) is 5.58. The monoisotopic (exact) mass is 290 g/mol. The van der Waals surface area contributed by atoms with Crippen LogP contribution in [-0.4, -0.2) is 54.9 Å². The van der Waals surface area contributed by atoms with Crippen LogP contribution in [0.4, 0.5) is 4.79 Å². The van der Waals surface area contributed by atoms with Crippen LogP contribution < -0.4 is 10.6 Å². The second-order valence-electron chi connectivity index (χ2n) is 4.59. The van der Waals surface area contributed by atoms with Crippen molar-refractivity contribution in [3.63, 3.8) is 0 Å². The maximum Gasteiger partial charge on any atom is 0.326 e. The van der Waals surface area contributed by atoms with E-state index in [4.69, 9.17) is 9.84 Å². The number of thioether (sulfide) groups is 1. The van der Waals surface area contributed by atoms with E-state index in [2.05, 4.69) is 10.6 Å². The number of ether oxygens (including phenoxy) is 1. The summed E-state index contributed by atoms with van der Waals surface area (Å²) in [7, 11) is 0. The molecule has 0 spiro atoms. The van der Waals surface area contributed by atoms with Gasteiger partial charge in [0.05, 0.1) is 6.61 Å². The molecule has 0 saturated heterocycles. The number of amides is 2. The summed E-state index contributed by atoms with van der Waals surface area (Å²) in [6, 6.07) is -1.29. The first-order chi connectivity index (χ1) is 9.13. The maximum atomic E-state index is 11.5. The molecular weight excluding hydrogens is 268 g/mol. The van der Waals surface area contributed by atoms with E-state index in [-0.39, 0.29) is 0 Å². The first-order valence-electron chi connectivity index (χ1n) is 6.47. The van der Waals surface area contributed by atoms with Crippen molar-refractivity contribution in [1.29, 1.82) is 0 Å². The van der Waals surface area contributed by atoms with Crippen LogP contribution in [0.3, 0.4) is 0 Å². The van der Waals surface area contributed by atoms with E-state index >= 15 is 0 Å². The quantitative estimate of drug-likeness (QED) is 0.521. The molecule has 1 saturated carbocycles. The molecule has 1 fully saturated rings. The number of rotatable bonds is 10. The number of carboxylic acids is 1. The van der Waals surface area contributed by atoms with Gasteiger partial charge in [0.15, 0.2) is 0 Å². The van der Waals surface area contributed by atoms with E-state index in [9.17, 15) is 9.59 Å². The van der Waals surface area contributed by atoms with Crippen molar-refractivity contribution in [3.8, 4) is 0 Å². The van der Waals surface area contributed by atoms with Crippen LogP contribution in [0, 0.1) is 5.92 Å². The molecule has 1 atom stereocenters. The summed E-state index contributed by atoms with van der Waals surface area (Å²) in [6.45, 7) is 1.62. The minimum Gasteiger partial charge on any atom is -0.480 e. The van der Waals surface area contributed by atoms with Gasteiger partial charge in [0.25, 0.3) is 0 Å². The Bertz CT molecular complexity index is 297. The molecule has 0 aromatic rings. The Hall–Kier alpha value is -0.950. The minimum atomic E-state index is -1.01. The molecule has 6 nitrogen and oxygen atoms in total. The number of aliphatic carboxylic acids is 1. The van der Waals surface area contributed by atoms with Crippen molar-refractivity contribution < 1.29 is 19.4 Å². The van der Waals surface area contributed by atoms with E-state index in [0.717, 1.165) is 6.61 Å². The molecular formula is C12H22N2O4S. The second kappa shape index (κ2) is 9.03. The topological polar surface area (TPSA) is 87.7 Å². The lowest BCUT2D eigenvalue weighted by atomic mass is 10.2. The van der Waals surface area contributed by atoms with Crippen molar-refractivity contribution in [1.82, 2.24) is 10.6 Å². The van der Waals surface area contributed by atoms with Gasteiger partial charge in [-0.2, -0.15) is 11.8 Å². The Labute approximate surface area is 117 Å². The number of carbonyl (C=O) groups is 2. The average Bonchev–Trinajstić information content (AvgIpc) is 3.17. The van der Waals surface area contributed by atoms with Gasteiger partial charge in [-0.15, -0.1) is 0 Å². The van der Waals surface area contributed by atoms with Crippen LogP contribution in [0.15, 0.2) is 0 Å². The van der Waals surface area contributed by atoms with Crippen LogP contribution in [-0.2, 0) is 9.53 Å². The lowest BCUT2D eigenvalue weighted by molar-refractivity contribution is -0.139. The molecule has 110 valence electrons. The Balaban J connectivity index is 2.06. The predicted octanol–water partition coefficient (Wildman–Crippen LogP) is 0.918. The number of hydrogen-bond donors (Lipinski definition) is 3. The Kier molecular flexibility index (Phi) is 7.66. The van der Waals surface area contributed by atoms with Crippen LogP contribution in [0.5, 0.6) is 0 Å². The number of carboxylic acid groups (broad SMARTS) is 1. The molecule has 0 unspecified atom stereocenters. The van der Waals surface area contributed by atoms with Gasteiger partial charge in [-0.05, 0) is 37.2 Å². The third kappa shape index (κ3) is 7.94. The SMILES string of the molecule is CSCC[C@H](NC(=O)NCCOCC1CC1)C(=O)O. The summed E-state index contributed by atoms with van der Waals surface area (Å²) in [4.78, 5) is 22.4. The highest BCUT2D eigenvalue weighted by atomic mass is 32.2. The average molecular weight is 290 g/mol. The molecule has 19 heavy (non-hydrogen) atoms. The van der Waals surface area contributed by atoms with Crippen LogP contribution >= 0.6 is 11.8 Å². The van der Waals surface area contributed by atoms with E-state index in [1.807, 2.05) is 6.26 Å². The Morgan fingerprint density at radius 2 is 2.21 bits per heavy atom. The molecule has 1 aliphatic carbocycles. The van der Waals surface area contributed by atoms with Gasteiger partial charge in [-0.25, -0.2) is 9.59 Å². The summed E-state index contributed by atoms with van der Waals surface area (Å²) in [5, 5.41) is 14.0. The van der Waals surface area contributed by atoms with Crippen LogP contribution in [0.1, 0.15) is 19.3 Å². The smallest absolute Gasteiger partial charge is 0.326 e. The zero-order valence-electron chi connectivity index (χ0n) is 11.2. The highest BCUT2D eigenvalue weighted by molar-refractivity contribution is 7.98. The lowest BCUT2D eigenvalue weighted by Crippen LogP contribution is -2.47. The van der Waals surface area contributed by atoms with Crippen molar-refractivity contribution in [2.45, 2.75) is 25.3 Å². The fraction of sp³-hybridized carbons (Fsp3) is 0.833. The van der Waals surface area contributed by atoms with E-state index in [1.54, 1.807) is 11.8 Å². The standard InChI is InChI=1S/C12H22N2O4S/c1-19-7-4-10(11(15)16)14-12(17)13-5-6-18-8-9-2-3-9/h9-10H,2-8H2,1H3,(H,15,16)(H2,13,14,17)/t10-/m0/s1. The molecule has 0 aliphatic heterocycles. The molecule has 0 heterocycles. The minimum absolute atomic E-state index is 0.396. The Morgan fingerprint density at radius 1 is 1.47 bits per heavy atom. The molecule has 0 aromatic heterocycles. The highest BCUT2D eigenvalue weighted by Crippen LogP contribution is 2.28. The van der Waals surface area contributed by atoms with E-state index < -0.39 is 18.0 Å². The van der Waals surface area contributed by atoms with Crippen molar-refractivity contribution >= 4 is 23.8 Å². The zero-order chi connectivity index (χ0) is 14.1. The fourth-order valence-corrected chi connectivity index (χ4v) is 1.95. The van der Waals surface area contributed by atoms with E-state index in [1.165, 1.54) is 12.8 Å². The fourth-order valence-electron chi connectivity index (χ4n) is 1.47.